The molecule has 0 fully saturated rings. The van der Waals surface area contributed by atoms with Gasteiger partial charge in [-0.25, -0.2) is 4.98 Å². The number of hydrogen-bond donors (Lipinski definition) is 2. The number of rotatable bonds is 4. The summed E-state index contributed by atoms with van der Waals surface area (Å²) in [6.45, 7) is 4.86. The molecule has 0 spiro atoms. The fourth-order valence-electron chi connectivity index (χ4n) is 1.02. The van der Waals surface area contributed by atoms with Crippen molar-refractivity contribution in [1.29, 1.82) is 0 Å². The van der Waals surface area contributed by atoms with Crippen molar-refractivity contribution in [2.24, 2.45) is 5.73 Å². The highest BCUT2D eigenvalue weighted by Crippen LogP contribution is 2.18. The average Bonchev–Trinajstić information content (AvgIpc) is 2.06. The van der Waals surface area contributed by atoms with Gasteiger partial charge in [-0.1, -0.05) is 0 Å². The lowest BCUT2D eigenvalue weighted by Gasteiger charge is -2.18. The van der Waals surface area contributed by atoms with Crippen molar-refractivity contribution in [2.45, 2.75) is 25.8 Å². The van der Waals surface area contributed by atoms with Gasteiger partial charge in [0, 0.05) is 18.3 Å². The SMILES string of the molecule is CC(C)(N)CCNc1ncccc1Br. The second-order valence-corrected chi connectivity index (χ2v) is 4.85. The Hall–Kier alpha value is -0.610. The van der Waals surface area contributed by atoms with Crippen LogP contribution in [0.1, 0.15) is 20.3 Å². The maximum Gasteiger partial charge on any atom is 0.140 e. The molecule has 0 bridgehead atoms. The first kappa shape index (κ1) is 11.5. The number of pyridine rings is 1. The van der Waals surface area contributed by atoms with E-state index in [0.29, 0.717) is 0 Å². The van der Waals surface area contributed by atoms with Crippen molar-refractivity contribution in [2.75, 3.05) is 11.9 Å². The number of anilines is 1. The molecule has 0 atom stereocenters. The maximum atomic E-state index is 5.87. The quantitative estimate of drug-likeness (QED) is 0.871. The molecule has 0 aliphatic carbocycles. The van der Waals surface area contributed by atoms with Crippen LogP contribution in [0.25, 0.3) is 0 Å². The van der Waals surface area contributed by atoms with Crippen molar-refractivity contribution in [3.8, 4) is 0 Å². The summed E-state index contributed by atoms with van der Waals surface area (Å²) in [6.07, 6.45) is 2.68. The van der Waals surface area contributed by atoms with Gasteiger partial charge in [0.25, 0.3) is 0 Å². The minimum Gasteiger partial charge on any atom is -0.369 e. The topological polar surface area (TPSA) is 50.9 Å². The highest BCUT2D eigenvalue weighted by molar-refractivity contribution is 9.10. The largest absolute Gasteiger partial charge is 0.369 e. The third-order valence-corrected chi connectivity index (χ3v) is 2.46. The van der Waals surface area contributed by atoms with E-state index in [1.807, 2.05) is 26.0 Å². The summed E-state index contributed by atoms with van der Waals surface area (Å²) in [5.41, 5.74) is 5.73. The molecule has 0 radical (unpaired) electrons. The second kappa shape index (κ2) is 4.75. The second-order valence-electron chi connectivity index (χ2n) is 4.00. The summed E-state index contributed by atoms with van der Waals surface area (Å²) in [7, 11) is 0. The van der Waals surface area contributed by atoms with E-state index in [0.717, 1.165) is 23.3 Å². The number of nitrogens with zero attached hydrogens (tertiary/aromatic N) is 1. The summed E-state index contributed by atoms with van der Waals surface area (Å²) >= 11 is 3.42. The van der Waals surface area contributed by atoms with E-state index in [4.69, 9.17) is 5.73 Å². The van der Waals surface area contributed by atoms with Gasteiger partial charge in [0.1, 0.15) is 5.82 Å². The van der Waals surface area contributed by atoms with Crippen molar-refractivity contribution in [1.82, 2.24) is 4.98 Å². The molecule has 0 saturated heterocycles. The Kier molecular flexibility index (Phi) is 3.89. The van der Waals surface area contributed by atoms with Gasteiger partial charge in [-0.3, -0.25) is 0 Å². The van der Waals surface area contributed by atoms with Crippen LogP contribution < -0.4 is 11.1 Å². The number of nitrogens with one attached hydrogen (secondary N) is 1. The molecular weight excluding hydrogens is 242 g/mol. The summed E-state index contributed by atoms with van der Waals surface area (Å²) in [5.74, 6) is 0.872. The molecule has 4 heteroatoms. The van der Waals surface area contributed by atoms with Gasteiger partial charge in [0.05, 0.1) is 4.47 Å². The van der Waals surface area contributed by atoms with Gasteiger partial charge < -0.3 is 11.1 Å². The van der Waals surface area contributed by atoms with Crippen molar-refractivity contribution in [3.05, 3.63) is 22.8 Å². The molecule has 3 N–H and O–H groups in total. The third-order valence-electron chi connectivity index (χ3n) is 1.82. The van der Waals surface area contributed by atoms with E-state index >= 15 is 0 Å². The lowest BCUT2D eigenvalue weighted by molar-refractivity contribution is 0.490. The molecule has 0 aliphatic heterocycles. The minimum absolute atomic E-state index is 0.131. The Morgan fingerprint density at radius 3 is 2.86 bits per heavy atom. The molecule has 0 aromatic carbocycles. The van der Waals surface area contributed by atoms with Crippen molar-refractivity contribution < 1.29 is 0 Å². The molecule has 78 valence electrons. The average molecular weight is 258 g/mol. The van der Waals surface area contributed by atoms with E-state index in [9.17, 15) is 0 Å². The fourth-order valence-corrected chi connectivity index (χ4v) is 1.41. The van der Waals surface area contributed by atoms with Crippen LogP contribution in [0, 0.1) is 0 Å². The zero-order chi connectivity index (χ0) is 10.6. The van der Waals surface area contributed by atoms with Crippen LogP contribution in [0.2, 0.25) is 0 Å². The van der Waals surface area contributed by atoms with Gasteiger partial charge in [0.15, 0.2) is 0 Å². The Balaban J connectivity index is 2.43. The summed E-state index contributed by atoms with van der Waals surface area (Å²) in [6, 6.07) is 3.85. The number of hydrogen-bond acceptors (Lipinski definition) is 3. The van der Waals surface area contributed by atoms with E-state index in [1.54, 1.807) is 6.20 Å². The van der Waals surface area contributed by atoms with Crippen LogP contribution in [0.4, 0.5) is 5.82 Å². The lowest BCUT2D eigenvalue weighted by atomic mass is 10.0. The molecule has 14 heavy (non-hydrogen) atoms. The zero-order valence-corrected chi connectivity index (χ0v) is 10.1. The molecule has 1 heterocycles. The lowest BCUT2D eigenvalue weighted by Crippen LogP contribution is -2.34. The molecule has 1 aromatic heterocycles. The van der Waals surface area contributed by atoms with E-state index in [-0.39, 0.29) is 5.54 Å². The molecule has 1 rings (SSSR count). The predicted octanol–water partition coefficient (Wildman–Crippen LogP) is 2.38. The molecule has 0 saturated carbocycles. The molecule has 0 unspecified atom stereocenters. The maximum absolute atomic E-state index is 5.87. The van der Waals surface area contributed by atoms with Gasteiger partial charge in [0.2, 0.25) is 0 Å². The molecule has 1 aromatic rings. The third kappa shape index (κ3) is 4.07. The summed E-state index contributed by atoms with van der Waals surface area (Å²) in [4.78, 5) is 4.20. The Morgan fingerprint density at radius 1 is 1.57 bits per heavy atom. The Morgan fingerprint density at radius 2 is 2.29 bits per heavy atom. The predicted molar refractivity (Wildman–Crippen MR) is 63.3 cm³/mol. The number of nitrogens with two attached hydrogens (primary N) is 1. The monoisotopic (exact) mass is 257 g/mol. The number of halogens is 1. The Labute approximate surface area is 93.2 Å². The van der Waals surface area contributed by atoms with Crippen LogP contribution in [-0.2, 0) is 0 Å². The van der Waals surface area contributed by atoms with E-state index in [1.165, 1.54) is 0 Å². The first-order valence-electron chi connectivity index (χ1n) is 4.62. The van der Waals surface area contributed by atoms with Crippen LogP contribution in [0.15, 0.2) is 22.8 Å². The van der Waals surface area contributed by atoms with Gasteiger partial charge >= 0.3 is 0 Å². The first-order valence-corrected chi connectivity index (χ1v) is 5.41. The van der Waals surface area contributed by atoms with Gasteiger partial charge in [-0.2, -0.15) is 0 Å². The molecular formula is C10H16BrN3. The van der Waals surface area contributed by atoms with Gasteiger partial charge in [-0.15, -0.1) is 0 Å². The van der Waals surface area contributed by atoms with Crippen molar-refractivity contribution >= 4 is 21.7 Å². The highest BCUT2D eigenvalue weighted by Gasteiger charge is 2.09. The van der Waals surface area contributed by atoms with Crippen LogP contribution >= 0.6 is 15.9 Å². The van der Waals surface area contributed by atoms with Crippen LogP contribution in [0.5, 0.6) is 0 Å². The van der Waals surface area contributed by atoms with Crippen LogP contribution in [0.3, 0.4) is 0 Å². The van der Waals surface area contributed by atoms with Crippen molar-refractivity contribution in [3.63, 3.8) is 0 Å². The molecule has 0 aliphatic rings. The molecule has 0 amide bonds. The Bertz CT molecular complexity index is 294. The summed E-state index contributed by atoms with van der Waals surface area (Å²) in [5, 5.41) is 3.23. The smallest absolute Gasteiger partial charge is 0.140 e. The van der Waals surface area contributed by atoms with E-state index < -0.39 is 0 Å². The standard InChI is InChI=1S/C10H16BrN3/c1-10(2,12)5-7-14-9-8(11)4-3-6-13-9/h3-4,6H,5,7,12H2,1-2H3,(H,13,14). The number of aromatic nitrogens is 1. The summed E-state index contributed by atoms with van der Waals surface area (Å²) < 4.78 is 0.981. The first-order chi connectivity index (χ1) is 6.49. The molecule has 3 nitrogen and oxygen atoms in total. The highest BCUT2D eigenvalue weighted by atomic mass is 79.9. The van der Waals surface area contributed by atoms with Gasteiger partial charge in [-0.05, 0) is 48.3 Å². The normalized spacial score (nSPS) is 11.4. The minimum atomic E-state index is -0.131. The fraction of sp³-hybridized carbons (Fsp3) is 0.500. The zero-order valence-electron chi connectivity index (χ0n) is 8.55. The van der Waals surface area contributed by atoms with E-state index in [2.05, 4.69) is 26.2 Å². The van der Waals surface area contributed by atoms with Crippen LogP contribution in [-0.4, -0.2) is 17.1 Å².